The van der Waals surface area contributed by atoms with Crippen LogP contribution < -0.4 is 5.56 Å². The Morgan fingerprint density at radius 2 is 2.00 bits per heavy atom. The molecule has 1 heterocycles. The van der Waals surface area contributed by atoms with Crippen LogP contribution >= 0.6 is 0 Å². The Morgan fingerprint density at radius 1 is 1.29 bits per heavy atom. The van der Waals surface area contributed by atoms with Crippen LogP contribution in [0.4, 0.5) is 4.39 Å². The fourth-order valence-corrected chi connectivity index (χ4v) is 1.35. The average molecular weight is 193 g/mol. The van der Waals surface area contributed by atoms with Crippen molar-refractivity contribution >= 4 is 10.9 Å². The number of aliphatic hydroxyl groups excluding tert-OH is 1. The van der Waals surface area contributed by atoms with Crippen LogP contribution in [0.5, 0.6) is 0 Å². The van der Waals surface area contributed by atoms with Gasteiger partial charge in [-0.25, -0.2) is 4.39 Å². The van der Waals surface area contributed by atoms with E-state index < -0.39 is 5.82 Å². The molecule has 3 nitrogen and oxygen atoms in total. The number of hydrogen-bond acceptors (Lipinski definition) is 2. The predicted molar refractivity (Wildman–Crippen MR) is 50.4 cm³/mol. The van der Waals surface area contributed by atoms with E-state index in [0.29, 0.717) is 5.39 Å². The molecule has 0 aliphatic rings. The minimum Gasteiger partial charge on any atom is -0.392 e. The lowest BCUT2D eigenvalue weighted by Crippen LogP contribution is -2.04. The first kappa shape index (κ1) is 8.90. The van der Waals surface area contributed by atoms with Gasteiger partial charge in [-0.2, -0.15) is 0 Å². The van der Waals surface area contributed by atoms with Crippen LogP contribution in [0, 0.1) is 5.82 Å². The van der Waals surface area contributed by atoms with Crippen LogP contribution in [-0.2, 0) is 6.61 Å². The van der Waals surface area contributed by atoms with Crippen molar-refractivity contribution in [3.63, 3.8) is 0 Å². The molecule has 0 fully saturated rings. The van der Waals surface area contributed by atoms with Crippen molar-refractivity contribution < 1.29 is 9.50 Å². The van der Waals surface area contributed by atoms with Gasteiger partial charge in [0, 0.05) is 17.0 Å². The summed E-state index contributed by atoms with van der Waals surface area (Å²) in [5, 5.41) is 9.43. The molecule has 1 aromatic heterocycles. The van der Waals surface area contributed by atoms with E-state index in [1.54, 1.807) is 12.1 Å². The molecule has 0 bridgehead atoms. The summed E-state index contributed by atoms with van der Waals surface area (Å²) in [6.07, 6.45) is 0. The molecule has 2 rings (SSSR count). The molecule has 0 spiro atoms. The van der Waals surface area contributed by atoms with E-state index in [1.165, 1.54) is 12.1 Å². The Balaban J connectivity index is 2.86. The molecule has 0 aliphatic carbocycles. The molecule has 1 aromatic carbocycles. The maximum atomic E-state index is 13.5. The average Bonchev–Trinajstić information content (AvgIpc) is 2.20. The topological polar surface area (TPSA) is 53.1 Å². The largest absolute Gasteiger partial charge is 0.392 e. The van der Waals surface area contributed by atoms with Crippen molar-refractivity contribution in [2.75, 3.05) is 0 Å². The summed E-state index contributed by atoms with van der Waals surface area (Å²) in [7, 11) is 0. The SMILES string of the molecule is O=c1ccc2ccc(CO)c(F)c2[nH]1. The normalized spacial score (nSPS) is 10.7. The number of aromatic nitrogens is 1. The summed E-state index contributed by atoms with van der Waals surface area (Å²) in [6.45, 7) is -0.376. The zero-order valence-corrected chi connectivity index (χ0v) is 7.25. The Morgan fingerprint density at radius 3 is 2.71 bits per heavy atom. The van der Waals surface area contributed by atoms with Gasteiger partial charge in [0.05, 0.1) is 12.1 Å². The van der Waals surface area contributed by atoms with Gasteiger partial charge in [0.25, 0.3) is 0 Å². The molecule has 14 heavy (non-hydrogen) atoms. The molecule has 2 aromatic rings. The summed E-state index contributed by atoms with van der Waals surface area (Å²) in [5.41, 5.74) is -0.0325. The highest BCUT2D eigenvalue weighted by Gasteiger charge is 2.06. The highest BCUT2D eigenvalue weighted by atomic mass is 19.1. The first-order chi connectivity index (χ1) is 6.72. The highest BCUT2D eigenvalue weighted by molar-refractivity contribution is 5.79. The molecule has 0 saturated heterocycles. The van der Waals surface area contributed by atoms with Crippen molar-refractivity contribution in [3.05, 3.63) is 46.0 Å². The molecule has 0 saturated carbocycles. The standard InChI is InChI=1S/C10H8FNO2/c11-9-7(5-13)2-1-6-3-4-8(14)12-10(6)9/h1-4,13H,5H2,(H,12,14). The molecule has 0 radical (unpaired) electrons. The number of H-pyrrole nitrogens is 1. The zero-order chi connectivity index (χ0) is 10.1. The van der Waals surface area contributed by atoms with Gasteiger partial charge in [-0.15, -0.1) is 0 Å². The number of fused-ring (bicyclic) bond motifs is 1. The van der Waals surface area contributed by atoms with Crippen LogP contribution in [0.15, 0.2) is 29.1 Å². The molecule has 0 atom stereocenters. The van der Waals surface area contributed by atoms with Crippen molar-refractivity contribution in [1.82, 2.24) is 4.98 Å². The quantitative estimate of drug-likeness (QED) is 0.714. The number of rotatable bonds is 1. The van der Waals surface area contributed by atoms with Crippen molar-refractivity contribution in [2.24, 2.45) is 0 Å². The number of pyridine rings is 1. The Hall–Kier alpha value is -1.68. The number of aliphatic hydroxyl groups is 1. The maximum Gasteiger partial charge on any atom is 0.248 e. The van der Waals surface area contributed by atoms with E-state index in [2.05, 4.69) is 4.98 Å². The van der Waals surface area contributed by atoms with Crippen LogP contribution in [0.2, 0.25) is 0 Å². The predicted octanol–water partition coefficient (Wildman–Crippen LogP) is 1.16. The minimum absolute atomic E-state index is 0.143. The molecule has 0 aliphatic heterocycles. The molecular formula is C10H8FNO2. The number of halogens is 1. The van der Waals surface area contributed by atoms with Crippen molar-refractivity contribution in [2.45, 2.75) is 6.61 Å². The molecule has 72 valence electrons. The van der Waals surface area contributed by atoms with E-state index in [0.717, 1.165) is 0 Å². The van der Waals surface area contributed by atoms with Gasteiger partial charge in [0.2, 0.25) is 5.56 Å². The maximum absolute atomic E-state index is 13.5. The Kier molecular flexibility index (Phi) is 2.05. The molecule has 0 unspecified atom stereocenters. The van der Waals surface area contributed by atoms with Crippen LogP contribution in [0.25, 0.3) is 10.9 Å². The van der Waals surface area contributed by atoms with Gasteiger partial charge in [-0.05, 0) is 6.07 Å². The minimum atomic E-state index is -0.567. The van der Waals surface area contributed by atoms with E-state index in [9.17, 15) is 9.18 Å². The second-order valence-electron chi connectivity index (χ2n) is 2.98. The summed E-state index contributed by atoms with van der Waals surface area (Å²) in [6, 6.07) is 6.02. The van der Waals surface area contributed by atoms with E-state index in [1.807, 2.05) is 0 Å². The smallest absolute Gasteiger partial charge is 0.248 e. The van der Waals surface area contributed by atoms with Crippen LogP contribution in [0.3, 0.4) is 0 Å². The third-order valence-electron chi connectivity index (χ3n) is 2.09. The van der Waals surface area contributed by atoms with Crippen molar-refractivity contribution in [1.29, 1.82) is 0 Å². The summed E-state index contributed by atoms with van der Waals surface area (Å²) in [5.74, 6) is -0.567. The third kappa shape index (κ3) is 1.29. The van der Waals surface area contributed by atoms with Gasteiger partial charge in [0.15, 0.2) is 5.82 Å². The monoisotopic (exact) mass is 193 g/mol. The Labute approximate surface area is 78.8 Å². The Bertz CT molecular complexity index is 533. The molecule has 4 heteroatoms. The fourth-order valence-electron chi connectivity index (χ4n) is 1.35. The second-order valence-corrected chi connectivity index (χ2v) is 2.98. The summed E-state index contributed by atoms with van der Waals surface area (Å²) in [4.78, 5) is 13.3. The van der Waals surface area contributed by atoms with Gasteiger partial charge < -0.3 is 10.1 Å². The first-order valence-electron chi connectivity index (χ1n) is 4.13. The van der Waals surface area contributed by atoms with Gasteiger partial charge >= 0.3 is 0 Å². The van der Waals surface area contributed by atoms with Crippen molar-refractivity contribution in [3.8, 4) is 0 Å². The number of benzene rings is 1. The summed E-state index contributed by atoms with van der Waals surface area (Å²) < 4.78 is 13.5. The van der Waals surface area contributed by atoms with Gasteiger partial charge in [-0.1, -0.05) is 12.1 Å². The molecule has 2 N–H and O–H groups in total. The summed E-state index contributed by atoms with van der Waals surface area (Å²) >= 11 is 0. The number of nitrogens with one attached hydrogen (secondary N) is 1. The third-order valence-corrected chi connectivity index (χ3v) is 2.09. The lowest BCUT2D eigenvalue weighted by atomic mass is 10.1. The highest BCUT2D eigenvalue weighted by Crippen LogP contribution is 2.17. The zero-order valence-electron chi connectivity index (χ0n) is 7.25. The lowest BCUT2D eigenvalue weighted by Gasteiger charge is -2.02. The lowest BCUT2D eigenvalue weighted by molar-refractivity contribution is 0.276. The van der Waals surface area contributed by atoms with Crippen LogP contribution in [-0.4, -0.2) is 10.1 Å². The van der Waals surface area contributed by atoms with E-state index in [-0.39, 0.29) is 23.2 Å². The number of aromatic amines is 1. The van der Waals surface area contributed by atoms with Crippen LogP contribution in [0.1, 0.15) is 5.56 Å². The van der Waals surface area contributed by atoms with E-state index >= 15 is 0 Å². The fraction of sp³-hybridized carbons (Fsp3) is 0.100. The van der Waals surface area contributed by atoms with Gasteiger partial charge in [-0.3, -0.25) is 4.79 Å². The van der Waals surface area contributed by atoms with E-state index in [4.69, 9.17) is 5.11 Å². The molecular weight excluding hydrogens is 185 g/mol. The number of hydrogen-bond donors (Lipinski definition) is 2. The first-order valence-corrected chi connectivity index (χ1v) is 4.13. The second kappa shape index (κ2) is 3.23. The molecule has 0 amide bonds. The van der Waals surface area contributed by atoms with Gasteiger partial charge in [0.1, 0.15) is 0 Å².